The Labute approximate surface area is 69.1 Å². The molecule has 1 N–H and O–H groups in total. The molecule has 1 rings (SSSR count). The summed E-state index contributed by atoms with van der Waals surface area (Å²) >= 11 is 0. The van der Waals surface area contributed by atoms with Crippen LogP contribution in [0.1, 0.15) is 32.6 Å². The summed E-state index contributed by atoms with van der Waals surface area (Å²) in [7, 11) is 0. The van der Waals surface area contributed by atoms with Gasteiger partial charge in [0.2, 0.25) is 0 Å². The monoisotopic (exact) mass is 154 g/mol. The standard InChI is InChI=1S/C10H18O/c1-3-8(2)9-6-4-5-7-10(9)11/h3,8-11H,1,4-7H2,2H3. The molecule has 3 atom stereocenters. The van der Waals surface area contributed by atoms with Crippen LogP contribution in [0.2, 0.25) is 0 Å². The predicted molar refractivity (Wildman–Crippen MR) is 47.3 cm³/mol. The van der Waals surface area contributed by atoms with Crippen molar-refractivity contribution in [1.82, 2.24) is 0 Å². The molecule has 1 aliphatic carbocycles. The molecule has 0 aromatic rings. The second-order valence-corrected chi connectivity index (χ2v) is 3.61. The maximum Gasteiger partial charge on any atom is 0.0573 e. The van der Waals surface area contributed by atoms with E-state index in [9.17, 15) is 5.11 Å². The predicted octanol–water partition coefficient (Wildman–Crippen LogP) is 2.36. The lowest BCUT2D eigenvalue weighted by atomic mass is 9.79. The van der Waals surface area contributed by atoms with Gasteiger partial charge in [-0.25, -0.2) is 0 Å². The van der Waals surface area contributed by atoms with E-state index in [0.717, 1.165) is 6.42 Å². The van der Waals surface area contributed by atoms with Crippen molar-refractivity contribution in [2.24, 2.45) is 11.8 Å². The third-order valence-corrected chi connectivity index (χ3v) is 2.83. The first kappa shape index (κ1) is 8.79. The molecule has 64 valence electrons. The maximum absolute atomic E-state index is 9.62. The van der Waals surface area contributed by atoms with Crippen LogP contribution in [0, 0.1) is 11.8 Å². The Bertz CT molecular complexity index is 131. The van der Waals surface area contributed by atoms with Gasteiger partial charge in [0.05, 0.1) is 6.10 Å². The quantitative estimate of drug-likeness (QED) is 0.605. The zero-order chi connectivity index (χ0) is 8.27. The average Bonchev–Trinajstić information content (AvgIpc) is 2.04. The molecule has 1 nitrogen and oxygen atoms in total. The highest BCUT2D eigenvalue weighted by Crippen LogP contribution is 2.30. The fraction of sp³-hybridized carbons (Fsp3) is 0.800. The lowest BCUT2D eigenvalue weighted by molar-refractivity contribution is 0.0518. The number of allylic oxidation sites excluding steroid dienone is 1. The third-order valence-electron chi connectivity index (χ3n) is 2.83. The lowest BCUT2D eigenvalue weighted by Crippen LogP contribution is -2.28. The van der Waals surface area contributed by atoms with Crippen LogP contribution in [0.4, 0.5) is 0 Å². The molecule has 0 aromatic carbocycles. The van der Waals surface area contributed by atoms with E-state index >= 15 is 0 Å². The molecule has 0 spiro atoms. The minimum atomic E-state index is -0.0725. The highest BCUT2D eigenvalue weighted by atomic mass is 16.3. The molecule has 1 saturated carbocycles. The minimum Gasteiger partial charge on any atom is -0.393 e. The Balaban J connectivity index is 2.46. The average molecular weight is 154 g/mol. The molecule has 0 heterocycles. The largest absolute Gasteiger partial charge is 0.393 e. The van der Waals surface area contributed by atoms with Gasteiger partial charge in [-0.05, 0) is 24.7 Å². The van der Waals surface area contributed by atoms with E-state index in [-0.39, 0.29) is 6.10 Å². The van der Waals surface area contributed by atoms with Crippen LogP contribution in [-0.4, -0.2) is 11.2 Å². The van der Waals surface area contributed by atoms with Gasteiger partial charge in [-0.1, -0.05) is 25.8 Å². The fourth-order valence-electron chi connectivity index (χ4n) is 1.93. The van der Waals surface area contributed by atoms with Gasteiger partial charge in [0.1, 0.15) is 0 Å². The van der Waals surface area contributed by atoms with Crippen LogP contribution in [0.5, 0.6) is 0 Å². The van der Waals surface area contributed by atoms with Crippen molar-refractivity contribution in [3.8, 4) is 0 Å². The van der Waals surface area contributed by atoms with E-state index in [1.807, 2.05) is 6.08 Å². The second kappa shape index (κ2) is 3.91. The summed E-state index contributed by atoms with van der Waals surface area (Å²) in [5, 5.41) is 9.62. The summed E-state index contributed by atoms with van der Waals surface area (Å²) in [6.45, 7) is 5.90. The number of aliphatic hydroxyl groups excluding tert-OH is 1. The topological polar surface area (TPSA) is 20.2 Å². The van der Waals surface area contributed by atoms with Gasteiger partial charge in [0.25, 0.3) is 0 Å². The van der Waals surface area contributed by atoms with Crippen molar-refractivity contribution in [3.63, 3.8) is 0 Å². The molecule has 1 aliphatic rings. The molecule has 0 saturated heterocycles. The smallest absolute Gasteiger partial charge is 0.0573 e. The van der Waals surface area contributed by atoms with E-state index in [2.05, 4.69) is 13.5 Å². The fourth-order valence-corrected chi connectivity index (χ4v) is 1.93. The molecular formula is C10H18O. The van der Waals surface area contributed by atoms with Gasteiger partial charge in [-0.15, -0.1) is 6.58 Å². The molecule has 3 unspecified atom stereocenters. The molecule has 0 amide bonds. The molecule has 0 aromatic heterocycles. The number of rotatable bonds is 2. The molecule has 1 fully saturated rings. The van der Waals surface area contributed by atoms with Gasteiger partial charge >= 0.3 is 0 Å². The zero-order valence-corrected chi connectivity index (χ0v) is 7.29. The molecular weight excluding hydrogens is 136 g/mol. The van der Waals surface area contributed by atoms with E-state index < -0.39 is 0 Å². The summed E-state index contributed by atoms with van der Waals surface area (Å²) in [5.74, 6) is 0.951. The Hall–Kier alpha value is -0.300. The minimum absolute atomic E-state index is 0.0725. The molecule has 0 aliphatic heterocycles. The van der Waals surface area contributed by atoms with Crippen LogP contribution >= 0.6 is 0 Å². The highest BCUT2D eigenvalue weighted by Gasteiger charge is 2.25. The van der Waals surface area contributed by atoms with Crippen LogP contribution in [0.3, 0.4) is 0 Å². The van der Waals surface area contributed by atoms with Crippen molar-refractivity contribution in [1.29, 1.82) is 0 Å². The molecule has 0 bridgehead atoms. The second-order valence-electron chi connectivity index (χ2n) is 3.61. The molecule has 0 radical (unpaired) electrons. The van der Waals surface area contributed by atoms with Gasteiger partial charge in [0, 0.05) is 0 Å². The van der Waals surface area contributed by atoms with E-state index in [0.29, 0.717) is 11.8 Å². The van der Waals surface area contributed by atoms with Crippen molar-refractivity contribution in [2.75, 3.05) is 0 Å². The van der Waals surface area contributed by atoms with Crippen LogP contribution in [0.25, 0.3) is 0 Å². The van der Waals surface area contributed by atoms with E-state index in [1.165, 1.54) is 19.3 Å². The Kier molecular flexibility index (Phi) is 3.13. The number of aliphatic hydroxyl groups is 1. The Morgan fingerprint density at radius 2 is 2.09 bits per heavy atom. The van der Waals surface area contributed by atoms with Crippen LogP contribution in [0.15, 0.2) is 12.7 Å². The van der Waals surface area contributed by atoms with Gasteiger partial charge in [-0.3, -0.25) is 0 Å². The number of hydrogen-bond donors (Lipinski definition) is 1. The zero-order valence-electron chi connectivity index (χ0n) is 7.29. The van der Waals surface area contributed by atoms with Gasteiger partial charge in [0.15, 0.2) is 0 Å². The summed E-state index contributed by atoms with van der Waals surface area (Å²) in [6, 6.07) is 0. The first-order valence-corrected chi connectivity index (χ1v) is 4.56. The van der Waals surface area contributed by atoms with Crippen molar-refractivity contribution in [2.45, 2.75) is 38.7 Å². The van der Waals surface area contributed by atoms with Gasteiger partial charge < -0.3 is 5.11 Å². The first-order valence-electron chi connectivity index (χ1n) is 4.56. The molecule has 11 heavy (non-hydrogen) atoms. The van der Waals surface area contributed by atoms with Crippen molar-refractivity contribution in [3.05, 3.63) is 12.7 Å². The SMILES string of the molecule is C=CC(C)C1CCCCC1O. The maximum atomic E-state index is 9.62. The summed E-state index contributed by atoms with van der Waals surface area (Å²) in [6.07, 6.45) is 6.52. The normalized spacial score (nSPS) is 34.7. The van der Waals surface area contributed by atoms with Crippen LogP contribution < -0.4 is 0 Å². The highest BCUT2D eigenvalue weighted by molar-refractivity contribution is 4.87. The summed E-state index contributed by atoms with van der Waals surface area (Å²) < 4.78 is 0. The van der Waals surface area contributed by atoms with Crippen molar-refractivity contribution >= 4 is 0 Å². The van der Waals surface area contributed by atoms with E-state index in [1.54, 1.807) is 0 Å². The van der Waals surface area contributed by atoms with Crippen molar-refractivity contribution < 1.29 is 5.11 Å². The number of hydrogen-bond acceptors (Lipinski definition) is 1. The van der Waals surface area contributed by atoms with Crippen LogP contribution in [-0.2, 0) is 0 Å². The summed E-state index contributed by atoms with van der Waals surface area (Å²) in [4.78, 5) is 0. The third kappa shape index (κ3) is 2.06. The van der Waals surface area contributed by atoms with E-state index in [4.69, 9.17) is 0 Å². The van der Waals surface area contributed by atoms with Gasteiger partial charge in [-0.2, -0.15) is 0 Å². The summed E-state index contributed by atoms with van der Waals surface area (Å²) in [5.41, 5.74) is 0. The first-order chi connectivity index (χ1) is 5.25. The Morgan fingerprint density at radius 3 is 2.64 bits per heavy atom. The lowest BCUT2D eigenvalue weighted by Gasteiger charge is -2.30. The molecule has 1 heteroatoms. The Morgan fingerprint density at radius 1 is 1.45 bits per heavy atom.